The van der Waals surface area contributed by atoms with Crippen molar-refractivity contribution in [3.05, 3.63) is 0 Å². The van der Waals surface area contributed by atoms with Gasteiger partial charge in [0.05, 0.1) is 0 Å². The maximum Gasteiger partial charge on any atom is 0.249 e. The van der Waals surface area contributed by atoms with Crippen LogP contribution in [0.4, 0.5) is 0 Å². The molecule has 1 saturated heterocycles. The summed E-state index contributed by atoms with van der Waals surface area (Å²) in [6.45, 7) is 8.41. The minimum atomic E-state index is -0.608. The van der Waals surface area contributed by atoms with E-state index < -0.39 is 5.54 Å². The van der Waals surface area contributed by atoms with E-state index in [1.807, 2.05) is 11.8 Å². The molecule has 0 aromatic heterocycles. The van der Waals surface area contributed by atoms with E-state index in [1.165, 1.54) is 6.42 Å². The summed E-state index contributed by atoms with van der Waals surface area (Å²) in [7, 11) is 0. The number of rotatable bonds is 4. The molecule has 4 nitrogen and oxygen atoms in total. The Balaban J connectivity index is 2.36. The van der Waals surface area contributed by atoms with Gasteiger partial charge in [0.25, 0.3) is 0 Å². The van der Waals surface area contributed by atoms with E-state index in [4.69, 9.17) is 0 Å². The summed E-state index contributed by atoms with van der Waals surface area (Å²) in [5.74, 6) is 0.604. The van der Waals surface area contributed by atoms with Gasteiger partial charge < -0.3 is 10.2 Å². The number of nitrogens with zero attached hydrogens (tertiary/aromatic N) is 1. The molecule has 1 N–H and O–H groups in total. The topological polar surface area (TPSA) is 49.4 Å². The van der Waals surface area contributed by atoms with Crippen molar-refractivity contribution in [3.63, 3.8) is 0 Å². The molecule has 4 heteroatoms. The first kappa shape index (κ1) is 16.3. The van der Waals surface area contributed by atoms with Gasteiger partial charge in [-0.2, -0.15) is 0 Å². The fourth-order valence-corrected chi connectivity index (χ4v) is 4.13. The van der Waals surface area contributed by atoms with Gasteiger partial charge in [0, 0.05) is 6.04 Å². The van der Waals surface area contributed by atoms with E-state index in [9.17, 15) is 9.59 Å². The van der Waals surface area contributed by atoms with Crippen molar-refractivity contribution in [3.8, 4) is 0 Å². The van der Waals surface area contributed by atoms with Crippen LogP contribution < -0.4 is 5.32 Å². The maximum atomic E-state index is 13.2. The maximum absolute atomic E-state index is 13.2. The van der Waals surface area contributed by atoms with Crippen LogP contribution in [0.1, 0.15) is 72.6 Å². The lowest BCUT2D eigenvalue weighted by Gasteiger charge is -2.51. The van der Waals surface area contributed by atoms with Crippen LogP contribution in [0.25, 0.3) is 0 Å². The van der Waals surface area contributed by atoms with Crippen LogP contribution in [0, 0.1) is 5.92 Å². The van der Waals surface area contributed by atoms with Gasteiger partial charge in [-0.05, 0) is 31.6 Å². The molecule has 0 bridgehead atoms. The smallest absolute Gasteiger partial charge is 0.249 e. The van der Waals surface area contributed by atoms with E-state index in [2.05, 4.69) is 26.1 Å². The highest BCUT2D eigenvalue weighted by Gasteiger charge is 2.52. The number of carbonyl (C=O) groups excluding carboxylic acids is 2. The molecular weight excluding hydrogens is 264 g/mol. The van der Waals surface area contributed by atoms with Crippen molar-refractivity contribution < 1.29 is 9.59 Å². The predicted octanol–water partition coefficient (Wildman–Crippen LogP) is 2.86. The van der Waals surface area contributed by atoms with Crippen LogP contribution in [0.2, 0.25) is 0 Å². The Labute approximate surface area is 128 Å². The molecular formula is C17H30N2O2. The van der Waals surface area contributed by atoms with Crippen LogP contribution in [-0.2, 0) is 9.59 Å². The van der Waals surface area contributed by atoms with Crippen molar-refractivity contribution in [2.45, 2.75) is 90.3 Å². The van der Waals surface area contributed by atoms with E-state index in [0.717, 1.165) is 32.1 Å². The predicted molar refractivity (Wildman–Crippen MR) is 83.8 cm³/mol. The highest BCUT2D eigenvalue weighted by molar-refractivity contribution is 6.00. The summed E-state index contributed by atoms with van der Waals surface area (Å²) in [4.78, 5) is 27.8. The Hall–Kier alpha value is -1.06. The summed E-state index contributed by atoms with van der Waals surface area (Å²) in [5.41, 5.74) is -0.608. The molecule has 1 spiro atoms. The van der Waals surface area contributed by atoms with Crippen LogP contribution in [-0.4, -0.2) is 34.3 Å². The molecule has 0 radical (unpaired) electrons. The largest absolute Gasteiger partial charge is 0.340 e. The van der Waals surface area contributed by atoms with E-state index >= 15 is 0 Å². The molecule has 1 aliphatic carbocycles. The molecule has 1 heterocycles. The lowest BCUT2D eigenvalue weighted by atomic mass is 9.77. The van der Waals surface area contributed by atoms with Gasteiger partial charge in [0.15, 0.2) is 0 Å². The van der Waals surface area contributed by atoms with Crippen molar-refractivity contribution in [2.75, 3.05) is 0 Å². The minimum absolute atomic E-state index is 0.0538. The second kappa shape index (κ2) is 6.37. The van der Waals surface area contributed by atoms with Crippen molar-refractivity contribution in [1.82, 2.24) is 10.2 Å². The van der Waals surface area contributed by atoms with Gasteiger partial charge >= 0.3 is 0 Å². The zero-order valence-electron chi connectivity index (χ0n) is 13.9. The molecule has 2 fully saturated rings. The SMILES string of the molecule is CCC1C(=O)NC2(CCCCC2)C(=O)N1C(CC)C(C)C. The van der Waals surface area contributed by atoms with Crippen LogP contribution >= 0.6 is 0 Å². The molecule has 2 atom stereocenters. The van der Waals surface area contributed by atoms with Gasteiger partial charge in [0.1, 0.15) is 11.6 Å². The summed E-state index contributed by atoms with van der Waals surface area (Å²) in [5, 5.41) is 3.10. The second-order valence-electron chi connectivity index (χ2n) is 6.99. The first-order valence-electron chi connectivity index (χ1n) is 8.61. The Bertz CT molecular complexity index is 400. The minimum Gasteiger partial charge on any atom is -0.340 e. The summed E-state index contributed by atoms with van der Waals surface area (Å²) in [6, 6.07) is -0.135. The first-order chi connectivity index (χ1) is 9.96. The molecule has 2 aliphatic rings. The lowest BCUT2D eigenvalue weighted by Crippen LogP contribution is -2.72. The summed E-state index contributed by atoms with van der Waals surface area (Å²) >= 11 is 0. The third-order valence-corrected chi connectivity index (χ3v) is 5.28. The van der Waals surface area contributed by atoms with Gasteiger partial charge in [-0.3, -0.25) is 9.59 Å². The number of piperazine rings is 1. The quantitative estimate of drug-likeness (QED) is 0.866. The number of carbonyl (C=O) groups is 2. The monoisotopic (exact) mass is 294 g/mol. The standard InChI is InChI=1S/C17H30N2O2/c1-5-13(12(3)4)19-14(6-2)15(20)18-17(16(19)21)10-8-7-9-11-17/h12-14H,5-11H2,1-4H3,(H,18,20). The van der Waals surface area contributed by atoms with Crippen molar-refractivity contribution in [2.24, 2.45) is 5.92 Å². The van der Waals surface area contributed by atoms with E-state index in [1.54, 1.807) is 0 Å². The fraction of sp³-hybridized carbons (Fsp3) is 0.882. The highest BCUT2D eigenvalue weighted by Crippen LogP contribution is 2.36. The average Bonchev–Trinajstić information content (AvgIpc) is 2.45. The third kappa shape index (κ3) is 2.82. The second-order valence-corrected chi connectivity index (χ2v) is 6.99. The number of hydrogen-bond donors (Lipinski definition) is 1. The van der Waals surface area contributed by atoms with Gasteiger partial charge in [0.2, 0.25) is 11.8 Å². The van der Waals surface area contributed by atoms with Crippen molar-refractivity contribution >= 4 is 11.8 Å². The number of amides is 2. The molecule has 120 valence electrons. The molecule has 2 unspecified atom stereocenters. The van der Waals surface area contributed by atoms with E-state index in [0.29, 0.717) is 12.3 Å². The summed E-state index contributed by atoms with van der Waals surface area (Å²) < 4.78 is 0. The molecule has 21 heavy (non-hydrogen) atoms. The van der Waals surface area contributed by atoms with Crippen LogP contribution in [0.3, 0.4) is 0 Å². The van der Waals surface area contributed by atoms with E-state index in [-0.39, 0.29) is 23.9 Å². The number of nitrogens with one attached hydrogen (secondary N) is 1. The van der Waals surface area contributed by atoms with Gasteiger partial charge in [-0.15, -0.1) is 0 Å². The highest BCUT2D eigenvalue weighted by atomic mass is 16.2. The average molecular weight is 294 g/mol. The Kier molecular flexibility index (Phi) is 4.95. The van der Waals surface area contributed by atoms with Crippen molar-refractivity contribution in [1.29, 1.82) is 0 Å². The van der Waals surface area contributed by atoms with Crippen LogP contribution in [0.5, 0.6) is 0 Å². The molecule has 2 amide bonds. The van der Waals surface area contributed by atoms with Crippen LogP contribution in [0.15, 0.2) is 0 Å². The molecule has 0 aromatic rings. The van der Waals surface area contributed by atoms with Gasteiger partial charge in [-0.1, -0.05) is 47.0 Å². The zero-order chi connectivity index (χ0) is 15.6. The Morgan fingerprint density at radius 3 is 2.29 bits per heavy atom. The van der Waals surface area contributed by atoms with Gasteiger partial charge in [-0.25, -0.2) is 0 Å². The number of hydrogen-bond acceptors (Lipinski definition) is 2. The summed E-state index contributed by atoms with van der Waals surface area (Å²) in [6.07, 6.45) is 6.45. The first-order valence-corrected chi connectivity index (χ1v) is 8.61. The lowest BCUT2D eigenvalue weighted by molar-refractivity contribution is -0.161. The molecule has 1 aliphatic heterocycles. The third-order valence-electron chi connectivity index (χ3n) is 5.28. The Morgan fingerprint density at radius 1 is 1.19 bits per heavy atom. The molecule has 1 saturated carbocycles. The normalized spacial score (nSPS) is 27.1. The zero-order valence-corrected chi connectivity index (χ0v) is 13.9. The fourth-order valence-electron chi connectivity index (χ4n) is 4.13. The molecule has 0 aromatic carbocycles. The Morgan fingerprint density at radius 2 is 1.81 bits per heavy atom. The molecule has 2 rings (SSSR count).